The number of morpholine rings is 1. The van der Waals surface area contributed by atoms with Crippen LogP contribution in [0.4, 0.5) is 0 Å². The van der Waals surface area contributed by atoms with Crippen LogP contribution in [-0.4, -0.2) is 61.1 Å². The van der Waals surface area contributed by atoms with Gasteiger partial charge >= 0.3 is 0 Å². The van der Waals surface area contributed by atoms with Gasteiger partial charge in [-0.2, -0.15) is 5.26 Å². The molecule has 94 valence electrons. The average Bonchev–Trinajstić information content (AvgIpc) is 2.70. The number of nitrogens with zero attached hydrogens (tertiary/aromatic N) is 3. The Morgan fingerprint density at radius 2 is 2.35 bits per heavy atom. The highest BCUT2D eigenvalue weighted by Gasteiger charge is 2.32. The molecule has 2 rings (SSSR count). The summed E-state index contributed by atoms with van der Waals surface area (Å²) in [6.07, 6.45) is 0.478. The molecule has 1 amide bonds. The van der Waals surface area contributed by atoms with Crippen molar-refractivity contribution in [2.45, 2.75) is 19.4 Å². The summed E-state index contributed by atoms with van der Waals surface area (Å²) in [5.74, 6) is -0.0397. The van der Waals surface area contributed by atoms with Crippen molar-refractivity contribution in [1.29, 1.82) is 5.26 Å². The van der Waals surface area contributed by atoms with Crippen LogP contribution in [0.5, 0.6) is 0 Å². The maximum atomic E-state index is 11.7. The van der Waals surface area contributed by atoms with Crippen molar-refractivity contribution in [1.82, 2.24) is 9.80 Å². The standard InChI is InChI=1S/C12H19N3O2/c1-2-14-3-4-17-11(8-14)9-15-7-10(6-13)5-12(15)16/h10-11H,2-5,7-9H2,1H3. The zero-order chi connectivity index (χ0) is 12.3. The minimum Gasteiger partial charge on any atom is -0.374 e. The number of rotatable bonds is 3. The highest BCUT2D eigenvalue weighted by molar-refractivity contribution is 5.79. The molecule has 2 saturated heterocycles. The summed E-state index contributed by atoms with van der Waals surface area (Å²) in [5, 5.41) is 8.82. The van der Waals surface area contributed by atoms with Gasteiger partial charge in [-0.15, -0.1) is 0 Å². The van der Waals surface area contributed by atoms with E-state index in [2.05, 4.69) is 17.9 Å². The van der Waals surface area contributed by atoms with E-state index in [1.165, 1.54) is 0 Å². The smallest absolute Gasteiger partial charge is 0.224 e. The highest BCUT2D eigenvalue weighted by Crippen LogP contribution is 2.18. The van der Waals surface area contributed by atoms with E-state index in [0.29, 0.717) is 19.5 Å². The number of carbonyl (C=O) groups is 1. The molecular formula is C12H19N3O2. The first-order chi connectivity index (χ1) is 8.22. The van der Waals surface area contributed by atoms with Gasteiger partial charge in [-0.1, -0.05) is 6.92 Å². The van der Waals surface area contributed by atoms with E-state index in [0.717, 1.165) is 26.2 Å². The van der Waals surface area contributed by atoms with Gasteiger partial charge in [0.05, 0.1) is 24.7 Å². The number of nitriles is 1. The SMILES string of the molecule is CCN1CCOC(CN2CC(C#N)CC2=O)C1. The summed E-state index contributed by atoms with van der Waals surface area (Å²) >= 11 is 0. The maximum absolute atomic E-state index is 11.7. The van der Waals surface area contributed by atoms with Crippen molar-refractivity contribution in [3.8, 4) is 6.07 Å². The average molecular weight is 237 g/mol. The zero-order valence-electron chi connectivity index (χ0n) is 10.3. The van der Waals surface area contributed by atoms with Crippen molar-refractivity contribution in [2.24, 2.45) is 5.92 Å². The fraction of sp³-hybridized carbons (Fsp3) is 0.833. The first-order valence-electron chi connectivity index (χ1n) is 6.24. The molecule has 0 spiro atoms. The summed E-state index contributed by atoms with van der Waals surface area (Å²) in [6, 6.07) is 2.17. The molecule has 2 aliphatic heterocycles. The normalized spacial score (nSPS) is 30.6. The number of likely N-dealkylation sites (N-methyl/N-ethyl adjacent to an activating group) is 1. The molecule has 0 aromatic rings. The molecule has 5 heteroatoms. The third-order valence-corrected chi connectivity index (χ3v) is 3.49. The van der Waals surface area contributed by atoms with Crippen LogP contribution >= 0.6 is 0 Å². The van der Waals surface area contributed by atoms with Gasteiger partial charge in [-0.3, -0.25) is 9.69 Å². The van der Waals surface area contributed by atoms with Crippen molar-refractivity contribution < 1.29 is 9.53 Å². The summed E-state index contributed by atoms with van der Waals surface area (Å²) < 4.78 is 5.67. The number of amides is 1. The fourth-order valence-electron chi connectivity index (χ4n) is 2.46. The fourth-order valence-corrected chi connectivity index (χ4v) is 2.46. The summed E-state index contributed by atoms with van der Waals surface area (Å²) in [4.78, 5) is 15.8. The molecule has 0 aliphatic carbocycles. The van der Waals surface area contributed by atoms with Crippen LogP contribution < -0.4 is 0 Å². The van der Waals surface area contributed by atoms with Gasteiger partial charge < -0.3 is 9.64 Å². The third kappa shape index (κ3) is 2.96. The molecular weight excluding hydrogens is 218 g/mol. The Morgan fingerprint density at radius 3 is 3.00 bits per heavy atom. The van der Waals surface area contributed by atoms with Gasteiger partial charge in [0.2, 0.25) is 5.91 Å². The van der Waals surface area contributed by atoms with Crippen LogP contribution in [0.3, 0.4) is 0 Å². The van der Waals surface area contributed by atoms with Crippen LogP contribution in [-0.2, 0) is 9.53 Å². The molecule has 0 bridgehead atoms. The third-order valence-electron chi connectivity index (χ3n) is 3.49. The molecule has 2 atom stereocenters. The predicted octanol–water partition coefficient (Wildman–Crippen LogP) is 0.0792. The molecule has 0 N–H and O–H groups in total. The van der Waals surface area contributed by atoms with Gasteiger partial charge in [-0.25, -0.2) is 0 Å². The molecule has 2 fully saturated rings. The zero-order valence-corrected chi connectivity index (χ0v) is 10.3. The second-order valence-corrected chi connectivity index (χ2v) is 4.71. The number of hydrogen-bond acceptors (Lipinski definition) is 4. The first kappa shape index (κ1) is 12.3. The molecule has 0 radical (unpaired) electrons. The lowest BCUT2D eigenvalue weighted by Gasteiger charge is -2.34. The topological polar surface area (TPSA) is 56.6 Å². The Kier molecular flexibility index (Phi) is 3.97. The van der Waals surface area contributed by atoms with Crippen LogP contribution in [0.25, 0.3) is 0 Å². The Labute approximate surface area is 102 Å². The van der Waals surface area contributed by atoms with Crippen LogP contribution in [0.2, 0.25) is 0 Å². The van der Waals surface area contributed by atoms with E-state index >= 15 is 0 Å². The maximum Gasteiger partial charge on any atom is 0.224 e. The molecule has 0 aromatic heterocycles. The van der Waals surface area contributed by atoms with E-state index in [4.69, 9.17) is 10.00 Å². The number of carbonyl (C=O) groups excluding carboxylic acids is 1. The largest absolute Gasteiger partial charge is 0.374 e. The lowest BCUT2D eigenvalue weighted by atomic mass is 10.1. The minimum atomic E-state index is -0.131. The van der Waals surface area contributed by atoms with Crippen molar-refractivity contribution >= 4 is 5.91 Å². The van der Waals surface area contributed by atoms with Gasteiger partial charge in [0.15, 0.2) is 0 Å². The van der Waals surface area contributed by atoms with Crippen LogP contribution in [0, 0.1) is 17.2 Å². The second-order valence-electron chi connectivity index (χ2n) is 4.71. The minimum absolute atomic E-state index is 0.0915. The monoisotopic (exact) mass is 237 g/mol. The van der Waals surface area contributed by atoms with E-state index in [-0.39, 0.29) is 17.9 Å². The van der Waals surface area contributed by atoms with E-state index in [9.17, 15) is 4.79 Å². The Morgan fingerprint density at radius 1 is 1.53 bits per heavy atom. The Hall–Kier alpha value is -1.12. The van der Waals surface area contributed by atoms with Crippen molar-refractivity contribution in [3.05, 3.63) is 0 Å². The number of hydrogen-bond donors (Lipinski definition) is 0. The lowest BCUT2D eigenvalue weighted by Crippen LogP contribution is -2.47. The van der Waals surface area contributed by atoms with E-state index in [1.54, 1.807) is 4.90 Å². The van der Waals surface area contributed by atoms with Crippen molar-refractivity contribution in [3.63, 3.8) is 0 Å². The summed E-state index contributed by atoms with van der Waals surface area (Å²) in [5.41, 5.74) is 0. The second kappa shape index (κ2) is 5.48. The summed E-state index contributed by atoms with van der Waals surface area (Å²) in [7, 11) is 0. The van der Waals surface area contributed by atoms with E-state index in [1.807, 2.05) is 0 Å². The van der Waals surface area contributed by atoms with Gasteiger partial charge in [0.1, 0.15) is 0 Å². The lowest BCUT2D eigenvalue weighted by molar-refractivity contribution is -0.130. The quantitative estimate of drug-likeness (QED) is 0.697. The van der Waals surface area contributed by atoms with E-state index < -0.39 is 0 Å². The van der Waals surface area contributed by atoms with Crippen LogP contribution in [0.15, 0.2) is 0 Å². The van der Waals surface area contributed by atoms with Crippen molar-refractivity contribution in [2.75, 3.05) is 39.3 Å². The first-order valence-corrected chi connectivity index (χ1v) is 6.24. The molecule has 2 heterocycles. The Bertz CT molecular complexity index is 326. The Balaban J connectivity index is 1.85. The number of ether oxygens (including phenoxy) is 1. The molecule has 2 aliphatic rings. The molecule has 0 saturated carbocycles. The predicted molar refractivity (Wildman–Crippen MR) is 62.2 cm³/mol. The summed E-state index contributed by atoms with van der Waals surface area (Å²) in [6.45, 7) is 6.96. The van der Waals surface area contributed by atoms with Gasteiger partial charge in [0.25, 0.3) is 0 Å². The molecule has 5 nitrogen and oxygen atoms in total. The molecule has 0 aromatic carbocycles. The van der Waals surface area contributed by atoms with Crippen LogP contribution in [0.1, 0.15) is 13.3 Å². The molecule has 17 heavy (non-hydrogen) atoms. The number of likely N-dealkylation sites (tertiary alicyclic amines) is 1. The van der Waals surface area contributed by atoms with Gasteiger partial charge in [0, 0.05) is 32.6 Å². The van der Waals surface area contributed by atoms with Gasteiger partial charge in [-0.05, 0) is 6.54 Å². The highest BCUT2D eigenvalue weighted by atomic mass is 16.5. The molecule has 2 unspecified atom stereocenters.